The van der Waals surface area contributed by atoms with Gasteiger partial charge in [0.15, 0.2) is 0 Å². The van der Waals surface area contributed by atoms with Crippen LogP contribution in [0.2, 0.25) is 0 Å². The molecule has 0 saturated carbocycles. The van der Waals surface area contributed by atoms with E-state index < -0.39 is 0 Å². The van der Waals surface area contributed by atoms with Crippen LogP contribution in [-0.4, -0.2) is 7.11 Å². The second-order valence-corrected chi connectivity index (χ2v) is 3.85. The zero-order valence-electron chi connectivity index (χ0n) is 10.4. The molecular weight excluding hydrogens is 224 g/mol. The van der Waals surface area contributed by atoms with Gasteiger partial charge in [0.05, 0.1) is 13.4 Å². The number of hydrogen-bond acceptors (Lipinski definition) is 2. The minimum atomic E-state index is 0.806. The minimum absolute atomic E-state index is 0.806. The molecule has 0 heterocycles. The van der Waals surface area contributed by atoms with Crippen LogP contribution in [0.25, 0.3) is 0 Å². The van der Waals surface area contributed by atoms with Gasteiger partial charge in [-0.1, -0.05) is 30.3 Å². The summed E-state index contributed by atoms with van der Waals surface area (Å²) < 4.78 is 10.6. The maximum absolute atomic E-state index is 5.49. The Labute approximate surface area is 107 Å². The normalized spacial score (nSPS) is 10.5. The molecular formula is C16H16O2. The van der Waals surface area contributed by atoms with E-state index in [0.717, 1.165) is 17.9 Å². The first-order chi connectivity index (χ1) is 8.88. The van der Waals surface area contributed by atoms with Crippen molar-refractivity contribution < 1.29 is 9.47 Å². The van der Waals surface area contributed by atoms with Gasteiger partial charge in [-0.15, -0.1) is 0 Å². The van der Waals surface area contributed by atoms with E-state index in [1.807, 2.05) is 48.5 Å². The van der Waals surface area contributed by atoms with Crippen molar-refractivity contribution in [2.45, 2.75) is 6.42 Å². The van der Waals surface area contributed by atoms with Crippen LogP contribution in [0.3, 0.4) is 0 Å². The van der Waals surface area contributed by atoms with Gasteiger partial charge in [-0.3, -0.25) is 0 Å². The van der Waals surface area contributed by atoms with Crippen LogP contribution < -0.4 is 9.47 Å². The first-order valence-electron chi connectivity index (χ1n) is 5.88. The summed E-state index contributed by atoms with van der Waals surface area (Å²) in [6.07, 6.45) is 4.59. The summed E-state index contributed by atoms with van der Waals surface area (Å²) in [6, 6.07) is 17.8. The Bertz CT molecular complexity index is 486. The maximum atomic E-state index is 5.49. The summed E-state index contributed by atoms with van der Waals surface area (Å²) in [7, 11) is 1.65. The zero-order chi connectivity index (χ0) is 12.6. The smallest absolute Gasteiger partial charge is 0.126 e. The van der Waals surface area contributed by atoms with Crippen molar-refractivity contribution in [3.05, 3.63) is 72.5 Å². The van der Waals surface area contributed by atoms with Crippen molar-refractivity contribution in [1.82, 2.24) is 0 Å². The molecule has 2 rings (SSSR count). The third-order valence-corrected chi connectivity index (χ3v) is 2.56. The van der Waals surface area contributed by atoms with Gasteiger partial charge >= 0.3 is 0 Å². The molecule has 0 fully saturated rings. The molecule has 0 bridgehead atoms. The summed E-state index contributed by atoms with van der Waals surface area (Å²) in [5.41, 5.74) is 1.27. The highest BCUT2D eigenvalue weighted by Crippen LogP contribution is 2.17. The number of rotatable bonds is 5. The van der Waals surface area contributed by atoms with E-state index in [4.69, 9.17) is 9.47 Å². The van der Waals surface area contributed by atoms with Gasteiger partial charge in [-0.05, 0) is 42.3 Å². The fourth-order valence-corrected chi connectivity index (χ4v) is 1.58. The third-order valence-electron chi connectivity index (χ3n) is 2.56. The van der Waals surface area contributed by atoms with E-state index in [1.54, 1.807) is 13.4 Å². The van der Waals surface area contributed by atoms with Crippen LogP contribution in [0.1, 0.15) is 5.56 Å². The fourth-order valence-electron chi connectivity index (χ4n) is 1.58. The van der Waals surface area contributed by atoms with Crippen LogP contribution in [0.5, 0.6) is 11.5 Å². The van der Waals surface area contributed by atoms with Gasteiger partial charge in [0.25, 0.3) is 0 Å². The molecule has 0 aliphatic heterocycles. The van der Waals surface area contributed by atoms with Crippen molar-refractivity contribution >= 4 is 0 Å². The Kier molecular flexibility index (Phi) is 4.42. The Morgan fingerprint density at radius 3 is 2.22 bits per heavy atom. The molecule has 0 atom stereocenters. The molecule has 0 amide bonds. The highest BCUT2D eigenvalue weighted by atomic mass is 16.5. The van der Waals surface area contributed by atoms with Crippen molar-refractivity contribution in [2.75, 3.05) is 7.11 Å². The van der Waals surface area contributed by atoms with Crippen LogP contribution >= 0.6 is 0 Å². The molecule has 0 radical (unpaired) electrons. The highest BCUT2D eigenvalue weighted by Gasteiger charge is 1.92. The lowest BCUT2D eigenvalue weighted by atomic mass is 10.2. The molecule has 0 N–H and O–H groups in total. The van der Waals surface area contributed by atoms with Crippen molar-refractivity contribution in [1.29, 1.82) is 0 Å². The summed E-state index contributed by atoms with van der Waals surface area (Å²) in [5, 5.41) is 0. The molecule has 0 unspecified atom stereocenters. The van der Waals surface area contributed by atoms with Crippen LogP contribution in [0.4, 0.5) is 0 Å². The van der Waals surface area contributed by atoms with Gasteiger partial charge in [0, 0.05) is 0 Å². The Morgan fingerprint density at radius 1 is 0.889 bits per heavy atom. The van der Waals surface area contributed by atoms with Gasteiger partial charge < -0.3 is 9.47 Å². The molecule has 2 nitrogen and oxygen atoms in total. The Balaban J connectivity index is 1.83. The first kappa shape index (κ1) is 12.2. The lowest BCUT2D eigenvalue weighted by Gasteiger charge is -2.02. The van der Waals surface area contributed by atoms with Crippen LogP contribution in [0.15, 0.2) is 66.9 Å². The molecule has 0 saturated heterocycles. The molecule has 92 valence electrons. The lowest BCUT2D eigenvalue weighted by Crippen LogP contribution is -1.85. The minimum Gasteiger partial charge on any atom is -0.497 e. The predicted octanol–water partition coefficient (Wildman–Crippen LogP) is 3.83. The van der Waals surface area contributed by atoms with E-state index in [-0.39, 0.29) is 0 Å². The van der Waals surface area contributed by atoms with Crippen LogP contribution in [-0.2, 0) is 6.42 Å². The third kappa shape index (κ3) is 3.67. The maximum Gasteiger partial charge on any atom is 0.126 e. The van der Waals surface area contributed by atoms with E-state index >= 15 is 0 Å². The van der Waals surface area contributed by atoms with Crippen molar-refractivity contribution in [3.63, 3.8) is 0 Å². The fraction of sp³-hybridized carbons (Fsp3) is 0.125. The molecule has 2 aromatic rings. The second-order valence-electron chi connectivity index (χ2n) is 3.85. The van der Waals surface area contributed by atoms with E-state index in [9.17, 15) is 0 Å². The molecule has 2 aromatic carbocycles. The largest absolute Gasteiger partial charge is 0.497 e. The topological polar surface area (TPSA) is 18.5 Å². The van der Waals surface area contributed by atoms with E-state index in [2.05, 4.69) is 12.1 Å². The molecule has 0 spiro atoms. The van der Waals surface area contributed by atoms with E-state index in [0.29, 0.717) is 0 Å². The standard InChI is InChI=1S/C16H16O2/c1-17-15-9-11-16(12-10-15)18-13-5-8-14-6-3-2-4-7-14/h2-7,9-13H,8H2,1H3/b13-5-. The number of benzene rings is 2. The first-order valence-corrected chi connectivity index (χ1v) is 5.88. The highest BCUT2D eigenvalue weighted by molar-refractivity contribution is 5.31. The Hall–Kier alpha value is -2.22. The zero-order valence-corrected chi connectivity index (χ0v) is 10.4. The van der Waals surface area contributed by atoms with Gasteiger partial charge in [-0.2, -0.15) is 0 Å². The van der Waals surface area contributed by atoms with Gasteiger partial charge in [-0.25, -0.2) is 0 Å². The lowest BCUT2D eigenvalue weighted by molar-refractivity contribution is 0.412. The van der Waals surface area contributed by atoms with Crippen molar-refractivity contribution in [2.24, 2.45) is 0 Å². The Morgan fingerprint density at radius 2 is 1.56 bits per heavy atom. The quantitative estimate of drug-likeness (QED) is 0.739. The predicted molar refractivity (Wildman–Crippen MR) is 72.9 cm³/mol. The molecule has 18 heavy (non-hydrogen) atoms. The molecule has 0 aromatic heterocycles. The van der Waals surface area contributed by atoms with Gasteiger partial charge in [0.2, 0.25) is 0 Å². The second kappa shape index (κ2) is 6.50. The number of hydrogen-bond donors (Lipinski definition) is 0. The summed E-state index contributed by atoms with van der Waals surface area (Å²) in [6.45, 7) is 0. The summed E-state index contributed by atoms with van der Waals surface area (Å²) >= 11 is 0. The molecule has 2 heteroatoms. The summed E-state index contributed by atoms with van der Waals surface area (Å²) in [4.78, 5) is 0. The average molecular weight is 240 g/mol. The number of allylic oxidation sites excluding steroid dienone is 1. The molecule has 0 aliphatic rings. The van der Waals surface area contributed by atoms with Gasteiger partial charge in [0.1, 0.15) is 11.5 Å². The average Bonchev–Trinajstić information content (AvgIpc) is 2.45. The SMILES string of the molecule is COc1ccc(O/C=C\Cc2ccccc2)cc1. The number of ether oxygens (including phenoxy) is 2. The van der Waals surface area contributed by atoms with Crippen molar-refractivity contribution in [3.8, 4) is 11.5 Å². The van der Waals surface area contributed by atoms with E-state index in [1.165, 1.54) is 5.56 Å². The molecule has 0 aliphatic carbocycles. The summed E-state index contributed by atoms with van der Waals surface area (Å²) in [5.74, 6) is 1.63. The van der Waals surface area contributed by atoms with Crippen LogP contribution in [0, 0.1) is 0 Å². The number of methoxy groups -OCH3 is 1. The monoisotopic (exact) mass is 240 g/mol.